The van der Waals surface area contributed by atoms with Gasteiger partial charge < -0.3 is 0 Å². The standard InChI is InChI=1S/C11H16SSi/c1-4-10-13(2,3)12-11-8-6-5-7-9-11/h4-9H,1,10H2,2-3H3. The zero-order valence-corrected chi connectivity index (χ0v) is 10.1. The van der Waals surface area contributed by atoms with E-state index in [4.69, 9.17) is 0 Å². The van der Waals surface area contributed by atoms with Crippen molar-refractivity contribution >= 4 is 18.4 Å². The Morgan fingerprint density at radius 3 is 2.46 bits per heavy atom. The lowest BCUT2D eigenvalue weighted by atomic mass is 10.4. The van der Waals surface area contributed by atoms with Crippen LogP contribution in [0.1, 0.15) is 0 Å². The van der Waals surface area contributed by atoms with Crippen molar-refractivity contribution in [1.29, 1.82) is 0 Å². The van der Waals surface area contributed by atoms with Gasteiger partial charge in [-0.2, -0.15) is 11.2 Å². The Morgan fingerprint density at radius 1 is 1.31 bits per heavy atom. The van der Waals surface area contributed by atoms with Gasteiger partial charge in [0, 0.05) is 4.90 Å². The van der Waals surface area contributed by atoms with Crippen molar-refractivity contribution in [3.05, 3.63) is 43.0 Å². The van der Waals surface area contributed by atoms with Crippen molar-refractivity contribution in [2.45, 2.75) is 24.0 Å². The van der Waals surface area contributed by atoms with E-state index in [1.807, 2.05) is 17.3 Å². The molecule has 0 N–H and O–H groups in total. The van der Waals surface area contributed by atoms with E-state index in [1.54, 1.807) is 0 Å². The van der Waals surface area contributed by atoms with Gasteiger partial charge in [0.15, 0.2) is 0 Å². The van der Waals surface area contributed by atoms with E-state index < -0.39 is 7.22 Å². The monoisotopic (exact) mass is 208 g/mol. The van der Waals surface area contributed by atoms with Crippen LogP contribution in [0.15, 0.2) is 47.9 Å². The molecule has 0 nitrogen and oxygen atoms in total. The molecule has 0 spiro atoms. The molecule has 0 aromatic heterocycles. The van der Waals surface area contributed by atoms with Gasteiger partial charge in [-0.25, -0.2) is 0 Å². The number of rotatable bonds is 4. The molecule has 0 saturated heterocycles. The van der Waals surface area contributed by atoms with Gasteiger partial charge in [0.05, 0.1) is 0 Å². The minimum Gasteiger partial charge on any atom is -0.151 e. The largest absolute Gasteiger partial charge is 0.151 e. The van der Waals surface area contributed by atoms with E-state index in [2.05, 4.69) is 50.0 Å². The molecule has 0 aliphatic heterocycles. The van der Waals surface area contributed by atoms with Crippen LogP contribution < -0.4 is 0 Å². The summed E-state index contributed by atoms with van der Waals surface area (Å²) in [6.07, 6.45) is 2.04. The van der Waals surface area contributed by atoms with E-state index in [-0.39, 0.29) is 0 Å². The van der Waals surface area contributed by atoms with Gasteiger partial charge in [0.1, 0.15) is 7.22 Å². The lowest BCUT2D eigenvalue weighted by Crippen LogP contribution is -2.18. The van der Waals surface area contributed by atoms with E-state index in [0.717, 1.165) is 0 Å². The summed E-state index contributed by atoms with van der Waals surface area (Å²) in [5, 5.41) is 0. The van der Waals surface area contributed by atoms with Crippen LogP contribution in [0, 0.1) is 0 Å². The van der Waals surface area contributed by atoms with Crippen LogP contribution in [0.4, 0.5) is 0 Å². The molecule has 70 valence electrons. The van der Waals surface area contributed by atoms with E-state index >= 15 is 0 Å². The fraction of sp³-hybridized carbons (Fsp3) is 0.273. The van der Waals surface area contributed by atoms with Gasteiger partial charge >= 0.3 is 0 Å². The molecular formula is C11H16SSi. The molecule has 0 unspecified atom stereocenters. The maximum atomic E-state index is 3.81. The van der Waals surface area contributed by atoms with Gasteiger partial charge in [0.25, 0.3) is 0 Å². The SMILES string of the molecule is C=CC[Si](C)(C)Sc1ccccc1. The summed E-state index contributed by atoms with van der Waals surface area (Å²) < 4.78 is 0. The fourth-order valence-corrected chi connectivity index (χ4v) is 5.83. The minimum absolute atomic E-state index is 1.15. The summed E-state index contributed by atoms with van der Waals surface area (Å²) in [6, 6.07) is 11.8. The smallest absolute Gasteiger partial charge is 0.121 e. The van der Waals surface area contributed by atoms with Crippen molar-refractivity contribution in [3.8, 4) is 0 Å². The molecular weight excluding hydrogens is 192 g/mol. The lowest BCUT2D eigenvalue weighted by molar-refractivity contribution is 1.47. The van der Waals surface area contributed by atoms with Crippen molar-refractivity contribution in [3.63, 3.8) is 0 Å². The highest BCUT2D eigenvalue weighted by molar-refractivity contribution is 8.28. The Balaban J connectivity index is 2.63. The van der Waals surface area contributed by atoms with E-state index in [9.17, 15) is 0 Å². The predicted molar refractivity (Wildman–Crippen MR) is 64.8 cm³/mol. The maximum absolute atomic E-state index is 3.81. The van der Waals surface area contributed by atoms with E-state index in [0.29, 0.717) is 0 Å². The quantitative estimate of drug-likeness (QED) is 0.528. The lowest BCUT2D eigenvalue weighted by Gasteiger charge is -2.19. The fourth-order valence-electron chi connectivity index (χ4n) is 1.20. The van der Waals surface area contributed by atoms with Crippen molar-refractivity contribution in [1.82, 2.24) is 0 Å². The second-order valence-corrected chi connectivity index (χ2v) is 12.2. The highest BCUT2D eigenvalue weighted by atomic mass is 32.4. The molecule has 0 fully saturated rings. The second-order valence-electron chi connectivity index (χ2n) is 3.67. The molecule has 1 aromatic carbocycles. The Kier molecular flexibility index (Phi) is 3.82. The van der Waals surface area contributed by atoms with Gasteiger partial charge in [-0.1, -0.05) is 37.4 Å². The van der Waals surface area contributed by atoms with Crippen LogP contribution in [0.5, 0.6) is 0 Å². The Bertz CT molecular complexity index is 267. The number of allylic oxidation sites excluding steroid dienone is 1. The average Bonchev–Trinajstić information content (AvgIpc) is 2.04. The van der Waals surface area contributed by atoms with Gasteiger partial charge in [-0.3, -0.25) is 0 Å². The molecule has 1 rings (SSSR count). The Labute approximate surface area is 85.7 Å². The first-order chi connectivity index (χ1) is 6.14. The van der Waals surface area contributed by atoms with Gasteiger partial charge in [-0.15, -0.1) is 6.58 Å². The summed E-state index contributed by atoms with van der Waals surface area (Å²) in [7, 11) is -1.15. The van der Waals surface area contributed by atoms with Crippen molar-refractivity contribution in [2.75, 3.05) is 0 Å². The maximum Gasteiger partial charge on any atom is 0.121 e. The summed E-state index contributed by atoms with van der Waals surface area (Å²) in [5.74, 6) is 0. The molecule has 0 radical (unpaired) electrons. The third kappa shape index (κ3) is 3.83. The summed E-state index contributed by atoms with van der Waals surface area (Å²) in [6.45, 7) is 8.57. The normalized spacial score (nSPS) is 11.2. The van der Waals surface area contributed by atoms with Crippen LogP contribution in [0.25, 0.3) is 0 Å². The predicted octanol–water partition coefficient (Wildman–Crippen LogP) is 4.17. The van der Waals surface area contributed by atoms with Crippen LogP contribution in [-0.2, 0) is 0 Å². The first-order valence-corrected chi connectivity index (χ1v) is 9.24. The molecule has 0 aliphatic rings. The molecule has 0 heterocycles. The molecule has 0 bridgehead atoms. The van der Waals surface area contributed by atoms with Crippen LogP contribution >= 0.6 is 11.2 Å². The molecule has 2 heteroatoms. The van der Waals surface area contributed by atoms with Crippen LogP contribution in [-0.4, -0.2) is 7.22 Å². The van der Waals surface area contributed by atoms with Crippen LogP contribution in [0.2, 0.25) is 19.1 Å². The second kappa shape index (κ2) is 4.68. The molecule has 0 atom stereocenters. The number of hydrogen-bond donors (Lipinski definition) is 0. The number of benzene rings is 1. The topological polar surface area (TPSA) is 0 Å². The average molecular weight is 208 g/mol. The molecule has 1 aromatic rings. The molecule has 0 amide bonds. The molecule has 0 saturated carbocycles. The molecule has 0 aliphatic carbocycles. The first-order valence-electron chi connectivity index (χ1n) is 4.49. The summed E-state index contributed by atoms with van der Waals surface area (Å²) in [5.41, 5.74) is 0. The first kappa shape index (κ1) is 10.6. The third-order valence-electron chi connectivity index (χ3n) is 1.77. The zero-order valence-electron chi connectivity index (χ0n) is 8.29. The molecule has 13 heavy (non-hydrogen) atoms. The highest BCUT2D eigenvalue weighted by Gasteiger charge is 2.19. The highest BCUT2D eigenvalue weighted by Crippen LogP contribution is 2.31. The third-order valence-corrected chi connectivity index (χ3v) is 6.97. The minimum atomic E-state index is -1.15. The van der Waals surface area contributed by atoms with Crippen molar-refractivity contribution in [2.24, 2.45) is 0 Å². The Morgan fingerprint density at radius 2 is 1.92 bits per heavy atom. The van der Waals surface area contributed by atoms with Crippen molar-refractivity contribution < 1.29 is 0 Å². The Hall–Kier alpha value is -0.473. The van der Waals surface area contributed by atoms with Gasteiger partial charge in [0.2, 0.25) is 0 Å². The van der Waals surface area contributed by atoms with E-state index in [1.165, 1.54) is 10.9 Å². The van der Waals surface area contributed by atoms with Crippen LogP contribution in [0.3, 0.4) is 0 Å². The van der Waals surface area contributed by atoms with Gasteiger partial charge in [-0.05, 0) is 18.2 Å². The zero-order chi connectivity index (χ0) is 9.73. The summed E-state index contributed by atoms with van der Waals surface area (Å²) in [4.78, 5) is 1.39. The number of hydrogen-bond acceptors (Lipinski definition) is 1. The summed E-state index contributed by atoms with van der Waals surface area (Å²) >= 11 is 2.04.